The molecule has 0 aliphatic carbocycles. The molecule has 21 heavy (non-hydrogen) atoms. The molecule has 5 nitrogen and oxygen atoms in total. The molecule has 1 aromatic carbocycles. The third-order valence-corrected chi connectivity index (χ3v) is 4.30. The van der Waals surface area contributed by atoms with Gasteiger partial charge in [-0.25, -0.2) is 21.9 Å². The van der Waals surface area contributed by atoms with Crippen LogP contribution in [0.5, 0.6) is 0 Å². The zero-order chi connectivity index (χ0) is 16.0. The molecule has 0 fully saturated rings. The number of carbonyl (C=O) groups is 1. The Morgan fingerprint density at radius 1 is 1.33 bits per heavy atom. The van der Waals surface area contributed by atoms with Gasteiger partial charge in [0.1, 0.15) is 11.6 Å². The second-order valence-corrected chi connectivity index (χ2v) is 6.41. The van der Waals surface area contributed by atoms with Gasteiger partial charge < -0.3 is 4.90 Å². The number of hydrogen-bond donors (Lipinski definition) is 1. The van der Waals surface area contributed by atoms with Crippen molar-refractivity contribution in [3.05, 3.63) is 29.8 Å². The van der Waals surface area contributed by atoms with E-state index in [1.54, 1.807) is 6.92 Å². The van der Waals surface area contributed by atoms with Gasteiger partial charge in [-0.1, -0.05) is 6.92 Å². The second-order valence-electron chi connectivity index (χ2n) is 4.48. The maximum Gasteiger partial charge on any atom is 0.223 e. The molecule has 0 aromatic heterocycles. The summed E-state index contributed by atoms with van der Waals surface area (Å²) in [5.41, 5.74) is -0.0846. The molecule has 0 saturated heterocycles. The summed E-state index contributed by atoms with van der Waals surface area (Å²) in [6, 6.07) is 2.86. The number of nitrogens with zero attached hydrogens (tertiary/aromatic N) is 1. The molecule has 118 valence electrons. The fraction of sp³-hybridized carbons (Fsp3) is 0.462. The first-order chi connectivity index (χ1) is 9.76. The van der Waals surface area contributed by atoms with Crippen LogP contribution < -0.4 is 9.62 Å². The number of benzene rings is 1. The van der Waals surface area contributed by atoms with Gasteiger partial charge >= 0.3 is 0 Å². The monoisotopic (exact) mass is 320 g/mol. The van der Waals surface area contributed by atoms with Crippen molar-refractivity contribution >= 4 is 21.6 Å². The van der Waals surface area contributed by atoms with E-state index in [2.05, 4.69) is 4.72 Å². The quantitative estimate of drug-likeness (QED) is 0.831. The maximum atomic E-state index is 13.7. The van der Waals surface area contributed by atoms with E-state index in [9.17, 15) is 22.0 Å². The van der Waals surface area contributed by atoms with Crippen molar-refractivity contribution in [2.75, 3.05) is 23.7 Å². The third-order valence-electron chi connectivity index (χ3n) is 2.71. The number of nitrogens with one attached hydrogen (secondary N) is 1. The molecule has 0 spiro atoms. The Bertz CT molecular complexity index is 605. The van der Waals surface area contributed by atoms with Gasteiger partial charge in [-0.05, 0) is 18.6 Å². The number of carbonyl (C=O) groups excluding carboxylic acids is 1. The van der Waals surface area contributed by atoms with Crippen molar-refractivity contribution in [2.45, 2.75) is 20.3 Å². The van der Waals surface area contributed by atoms with Crippen LogP contribution in [-0.4, -0.2) is 33.2 Å². The van der Waals surface area contributed by atoms with Crippen LogP contribution >= 0.6 is 0 Å². The predicted molar refractivity (Wildman–Crippen MR) is 76.5 cm³/mol. The van der Waals surface area contributed by atoms with Gasteiger partial charge in [0.25, 0.3) is 0 Å². The summed E-state index contributed by atoms with van der Waals surface area (Å²) < 4.78 is 51.9. The van der Waals surface area contributed by atoms with E-state index < -0.39 is 27.6 Å². The smallest absolute Gasteiger partial charge is 0.223 e. The highest BCUT2D eigenvalue weighted by atomic mass is 32.2. The number of rotatable bonds is 7. The topological polar surface area (TPSA) is 66.5 Å². The molecule has 1 aromatic rings. The lowest BCUT2D eigenvalue weighted by molar-refractivity contribution is -0.116. The summed E-state index contributed by atoms with van der Waals surface area (Å²) in [4.78, 5) is 12.6. The molecule has 0 aliphatic rings. The Hall–Kier alpha value is -1.54. The first-order valence-electron chi connectivity index (χ1n) is 6.47. The molecule has 1 rings (SSSR count). The van der Waals surface area contributed by atoms with Crippen LogP contribution in [0.4, 0.5) is 14.5 Å². The molecule has 8 heteroatoms. The van der Waals surface area contributed by atoms with Gasteiger partial charge in [0.15, 0.2) is 0 Å². The molecular weight excluding hydrogens is 302 g/mol. The zero-order valence-corrected chi connectivity index (χ0v) is 12.7. The highest BCUT2D eigenvalue weighted by Crippen LogP contribution is 2.20. The molecule has 0 aliphatic heterocycles. The van der Waals surface area contributed by atoms with Gasteiger partial charge in [-0.15, -0.1) is 0 Å². The Balaban J connectivity index is 2.78. The van der Waals surface area contributed by atoms with Crippen molar-refractivity contribution in [3.8, 4) is 0 Å². The number of anilines is 1. The number of hydrogen-bond acceptors (Lipinski definition) is 3. The van der Waals surface area contributed by atoms with Crippen LogP contribution in [0, 0.1) is 11.6 Å². The largest absolute Gasteiger partial charge is 0.309 e. The minimum absolute atomic E-state index is 0.0159. The van der Waals surface area contributed by atoms with E-state index >= 15 is 0 Å². The van der Waals surface area contributed by atoms with Crippen molar-refractivity contribution in [2.24, 2.45) is 0 Å². The summed E-state index contributed by atoms with van der Waals surface area (Å²) >= 11 is 0. The van der Waals surface area contributed by atoms with E-state index in [4.69, 9.17) is 0 Å². The Morgan fingerprint density at radius 3 is 2.52 bits per heavy atom. The van der Waals surface area contributed by atoms with Crippen molar-refractivity contribution in [3.63, 3.8) is 0 Å². The summed E-state index contributed by atoms with van der Waals surface area (Å²) in [5, 5.41) is 0. The van der Waals surface area contributed by atoms with Crippen LogP contribution in [0.2, 0.25) is 0 Å². The SMILES string of the molecule is CCCS(=O)(=O)NCCN(C(C)=O)c1ccc(F)cc1F. The van der Waals surface area contributed by atoms with Gasteiger partial charge in [-0.3, -0.25) is 4.79 Å². The van der Waals surface area contributed by atoms with Crippen molar-refractivity contribution in [1.82, 2.24) is 4.72 Å². The lowest BCUT2D eigenvalue weighted by atomic mass is 10.2. The summed E-state index contributed by atoms with van der Waals surface area (Å²) in [6.45, 7) is 2.87. The van der Waals surface area contributed by atoms with Crippen molar-refractivity contribution < 1.29 is 22.0 Å². The van der Waals surface area contributed by atoms with Crippen LogP contribution in [0.15, 0.2) is 18.2 Å². The molecule has 1 N–H and O–H groups in total. The Labute approximate surface area is 123 Å². The fourth-order valence-corrected chi connectivity index (χ4v) is 2.89. The van der Waals surface area contributed by atoms with Crippen LogP contribution in [0.3, 0.4) is 0 Å². The van der Waals surface area contributed by atoms with Gasteiger partial charge in [-0.2, -0.15) is 0 Å². The molecular formula is C13H18F2N2O3S. The highest BCUT2D eigenvalue weighted by Gasteiger charge is 2.17. The van der Waals surface area contributed by atoms with E-state index in [0.29, 0.717) is 12.5 Å². The summed E-state index contributed by atoms with van der Waals surface area (Å²) in [6.07, 6.45) is 0.471. The zero-order valence-electron chi connectivity index (χ0n) is 11.9. The van der Waals surface area contributed by atoms with Gasteiger partial charge in [0.05, 0.1) is 11.4 Å². The summed E-state index contributed by atoms with van der Waals surface area (Å²) in [5.74, 6) is -2.10. The maximum absolute atomic E-state index is 13.7. The molecule has 0 bridgehead atoms. The highest BCUT2D eigenvalue weighted by molar-refractivity contribution is 7.89. The van der Waals surface area contributed by atoms with Crippen molar-refractivity contribution in [1.29, 1.82) is 0 Å². The van der Waals surface area contributed by atoms with Crippen LogP contribution in [0.25, 0.3) is 0 Å². The van der Waals surface area contributed by atoms with E-state index in [1.807, 2.05) is 0 Å². The minimum atomic E-state index is -3.39. The first-order valence-corrected chi connectivity index (χ1v) is 8.12. The van der Waals surface area contributed by atoms with E-state index in [1.165, 1.54) is 6.92 Å². The lowest BCUT2D eigenvalue weighted by Gasteiger charge is -2.22. The first kappa shape index (κ1) is 17.5. The molecule has 1 amide bonds. The molecule has 0 radical (unpaired) electrons. The lowest BCUT2D eigenvalue weighted by Crippen LogP contribution is -2.38. The summed E-state index contributed by atoms with van der Waals surface area (Å²) in [7, 11) is -3.39. The van der Waals surface area contributed by atoms with Crippen LogP contribution in [-0.2, 0) is 14.8 Å². The fourth-order valence-electron chi connectivity index (χ4n) is 1.80. The normalized spacial score (nSPS) is 11.4. The average molecular weight is 320 g/mol. The minimum Gasteiger partial charge on any atom is -0.309 e. The molecule has 0 saturated carbocycles. The van der Waals surface area contributed by atoms with Crippen LogP contribution in [0.1, 0.15) is 20.3 Å². The third kappa shape index (κ3) is 5.39. The Kier molecular flexibility index (Phi) is 6.22. The number of halogens is 2. The average Bonchev–Trinajstić information content (AvgIpc) is 2.35. The molecule has 0 unspecified atom stereocenters. The standard InChI is InChI=1S/C13H18F2N2O3S/c1-3-8-21(19,20)16-6-7-17(10(2)18)13-5-4-11(14)9-12(13)15/h4-5,9,16H,3,6-8H2,1-2H3. The van der Waals surface area contributed by atoms with Gasteiger partial charge in [0, 0.05) is 26.1 Å². The number of amides is 1. The Morgan fingerprint density at radius 2 is 2.00 bits per heavy atom. The van der Waals surface area contributed by atoms with E-state index in [0.717, 1.165) is 17.0 Å². The van der Waals surface area contributed by atoms with E-state index in [-0.39, 0.29) is 24.5 Å². The van der Waals surface area contributed by atoms with Gasteiger partial charge in [0.2, 0.25) is 15.9 Å². The number of sulfonamides is 1. The second kappa shape index (κ2) is 7.46. The molecule has 0 atom stereocenters. The molecule has 0 heterocycles. The predicted octanol–water partition coefficient (Wildman–Crippen LogP) is 1.65.